The molecular weight excluding hydrogens is 490 g/mol. The van der Waals surface area contributed by atoms with Crippen LogP contribution in [0.2, 0.25) is 0 Å². The average Bonchev–Trinajstić information content (AvgIpc) is 2.89. The minimum atomic E-state index is -4.06. The molecule has 0 atom stereocenters. The van der Waals surface area contributed by atoms with Crippen molar-refractivity contribution in [3.63, 3.8) is 0 Å². The van der Waals surface area contributed by atoms with Crippen molar-refractivity contribution in [2.75, 3.05) is 42.5 Å². The third kappa shape index (κ3) is 6.00. The van der Waals surface area contributed by atoms with Crippen molar-refractivity contribution in [3.8, 4) is 0 Å². The van der Waals surface area contributed by atoms with E-state index in [1.807, 2.05) is 26.0 Å². The van der Waals surface area contributed by atoms with Crippen LogP contribution in [-0.2, 0) is 19.6 Å². The van der Waals surface area contributed by atoms with Gasteiger partial charge in [0.2, 0.25) is 5.91 Å². The summed E-state index contributed by atoms with van der Waals surface area (Å²) in [6.07, 6.45) is 0. The highest BCUT2D eigenvalue weighted by atomic mass is 32.2. The van der Waals surface area contributed by atoms with E-state index in [0.29, 0.717) is 43.2 Å². The molecule has 0 radical (unpaired) electrons. The predicted octanol–water partition coefficient (Wildman–Crippen LogP) is 3.92. The lowest BCUT2D eigenvalue weighted by Gasteiger charge is -2.28. The number of aryl methyl sites for hydroxylation is 3. The minimum absolute atomic E-state index is 0.0923. The van der Waals surface area contributed by atoms with Crippen LogP contribution in [-0.4, -0.2) is 58.0 Å². The maximum Gasteiger partial charge on any atom is 0.264 e. The first-order valence-electron chi connectivity index (χ1n) is 12.1. The van der Waals surface area contributed by atoms with Crippen LogP contribution >= 0.6 is 0 Å². The average molecular weight is 522 g/mol. The third-order valence-electron chi connectivity index (χ3n) is 6.26. The monoisotopic (exact) mass is 521 g/mol. The van der Waals surface area contributed by atoms with Gasteiger partial charge in [-0.1, -0.05) is 42.0 Å². The predicted molar refractivity (Wildman–Crippen MR) is 143 cm³/mol. The largest absolute Gasteiger partial charge is 0.378 e. The van der Waals surface area contributed by atoms with Crippen molar-refractivity contribution in [1.29, 1.82) is 0 Å². The molecule has 4 rings (SSSR count). The number of carbonyl (C=O) groups excluding carboxylic acids is 2. The number of nitrogens with zero attached hydrogens (tertiary/aromatic N) is 2. The first-order valence-corrected chi connectivity index (χ1v) is 13.5. The molecule has 0 unspecified atom stereocenters. The summed E-state index contributed by atoms with van der Waals surface area (Å²) in [5, 5.41) is 2.77. The van der Waals surface area contributed by atoms with Gasteiger partial charge in [-0.15, -0.1) is 0 Å². The fourth-order valence-electron chi connectivity index (χ4n) is 4.16. The smallest absolute Gasteiger partial charge is 0.264 e. The van der Waals surface area contributed by atoms with Crippen molar-refractivity contribution in [3.05, 3.63) is 89.0 Å². The van der Waals surface area contributed by atoms with Crippen molar-refractivity contribution in [1.82, 2.24) is 4.90 Å². The van der Waals surface area contributed by atoms with E-state index >= 15 is 0 Å². The fraction of sp³-hybridized carbons (Fsp3) is 0.286. The Morgan fingerprint density at radius 1 is 0.919 bits per heavy atom. The summed E-state index contributed by atoms with van der Waals surface area (Å²) < 4.78 is 34.0. The number of sulfonamides is 1. The van der Waals surface area contributed by atoms with Gasteiger partial charge < -0.3 is 15.0 Å². The highest BCUT2D eigenvalue weighted by Gasteiger charge is 2.29. The molecule has 8 nitrogen and oxygen atoms in total. The summed E-state index contributed by atoms with van der Waals surface area (Å²) in [5.74, 6) is -0.767. The van der Waals surface area contributed by atoms with E-state index in [1.54, 1.807) is 54.3 Å². The molecular formula is C28H31N3O5S. The molecule has 1 aliphatic heterocycles. The number of anilines is 2. The quantitative estimate of drug-likeness (QED) is 0.509. The van der Waals surface area contributed by atoms with Crippen LogP contribution < -0.4 is 9.62 Å². The highest BCUT2D eigenvalue weighted by molar-refractivity contribution is 7.92. The second-order valence-electron chi connectivity index (χ2n) is 9.11. The highest BCUT2D eigenvalue weighted by Crippen LogP contribution is 2.28. The van der Waals surface area contributed by atoms with Crippen molar-refractivity contribution >= 4 is 33.2 Å². The Kier molecular flexibility index (Phi) is 7.94. The minimum Gasteiger partial charge on any atom is -0.378 e. The summed E-state index contributed by atoms with van der Waals surface area (Å²) >= 11 is 0. The standard InChI is InChI=1S/C28H31N3O5S/c1-20-9-12-23(13-10-20)37(34,35)31(26-18-21(2)8-11-22(26)3)19-27(32)29-25-7-5-4-6-24(25)28(33)30-14-16-36-17-15-30/h4-13,18H,14-17,19H2,1-3H3,(H,29,32). The molecule has 3 aromatic rings. The van der Waals surface area contributed by atoms with Crippen LogP contribution in [0.15, 0.2) is 71.6 Å². The van der Waals surface area contributed by atoms with Gasteiger partial charge in [-0.2, -0.15) is 0 Å². The molecule has 0 aliphatic carbocycles. The van der Waals surface area contributed by atoms with Crippen LogP contribution in [0.5, 0.6) is 0 Å². The van der Waals surface area contributed by atoms with Gasteiger partial charge in [0.1, 0.15) is 6.54 Å². The molecule has 1 saturated heterocycles. The number of carbonyl (C=O) groups is 2. The Morgan fingerprint density at radius 3 is 2.27 bits per heavy atom. The van der Waals surface area contributed by atoms with Crippen molar-refractivity contribution in [2.24, 2.45) is 0 Å². The van der Waals surface area contributed by atoms with Gasteiger partial charge in [-0.05, 0) is 62.2 Å². The molecule has 0 saturated carbocycles. The molecule has 194 valence electrons. The Hall–Kier alpha value is -3.69. The molecule has 1 fully saturated rings. The Morgan fingerprint density at radius 2 is 1.57 bits per heavy atom. The summed E-state index contributed by atoms with van der Waals surface area (Å²) in [6.45, 7) is 6.95. The second-order valence-corrected chi connectivity index (χ2v) is 11.0. The molecule has 3 aromatic carbocycles. The Balaban J connectivity index is 1.65. The van der Waals surface area contributed by atoms with Crippen LogP contribution in [0, 0.1) is 20.8 Å². The Bertz CT molecular complexity index is 1400. The normalized spacial score (nSPS) is 13.8. The lowest BCUT2D eigenvalue weighted by Crippen LogP contribution is -2.41. The maximum atomic E-state index is 13.8. The number of ether oxygens (including phenoxy) is 1. The van der Waals surface area contributed by atoms with Gasteiger partial charge in [-0.25, -0.2) is 8.42 Å². The third-order valence-corrected chi connectivity index (χ3v) is 8.03. The van der Waals surface area contributed by atoms with E-state index in [9.17, 15) is 18.0 Å². The molecule has 0 spiro atoms. The molecule has 2 amide bonds. The van der Waals surface area contributed by atoms with Crippen LogP contribution in [0.1, 0.15) is 27.0 Å². The second kappa shape index (κ2) is 11.1. The van der Waals surface area contributed by atoms with E-state index in [-0.39, 0.29) is 10.8 Å². The number of morpholine rings is 1. The first kappa shape index (κ1) is 26.4. The van der Waals surface area contributed by atoms with E-state index in [4.69, 9.17) is 4.74 Å². The van der Waals surface area contributed by atoms with Crippen LogP contribution in [0.4, 0.5) is 11.4 Å². The molecule has 9 heteroatoms. The van der Waals surface area contributed by atoms with Crippen molar-refractivity contribution < 1.29 is 22.7 Å². The fourth-order valence-corrected chi connectivity index (χ4v) is 5.64. The number of benzene rings is 3. The summed E-state index contributed by atoms with van der Waals surface area (Å²) in [5.41, 5.74) is 3.61. The van der Waals surface area contributed by atoms with Crippen molar-refractivity contribution in [2.45, 2.75) is 25.7 Å². The maximum absolute atomic E-state index is 13.8. The lowest BCUT2D eigenvalue weighted by atomic mass is 10.1. The zero-order valence-corrected chi connectivity index (χ0v) is 22.0. The number of para-hydroxylation sites is 1. The molecule has 37 heavy (non-hydrogen) atoms. The van der Waals surface area contributed by atoms with Crippen LogP contribution in [0.25, 0.3) is 0 Å². The topological polar surface area (TPSA) is 96.0 Å². The number of nitrogens with one attached hydrogen (secondary N) is 1. The van der Waals surface area contributed by atoms with Gasteiger partial charge in [0, 0.05) is 13.1 Å². The van der Waals surface area contributed by atoms with Gasteiger partial charge in [0.25, 0.3) is 15.9 Å². The van der Waals surface area contributed by atoms with E-state index < -0.39 is 22.5 Å². The lowest BCUT2D eigenvalue weighted by molar-refractivity contribution is -0.114. The number of rotatable bonds is 7. The summed E-state index contributed by atoms with van der Waals surface area (Å²) in [6, 6.07) is 18.7. The zero-order chi connectivity index (χ0) is 26.6. The Labute approximate surface area is 217 Å². The molecule has 0 aromatic heterocycles. The molecule has 1 aliphatic rings. The number of amides is 2. The van der Waals surface area contributed by atoms with Gasteiger partial charge in [0.15, 0.2) is 0 Å². The van der Waals surface area contributed by atoms with Crippen LogP contribution in [0.3, 0.4) is 0 Å². The zero-order valence-electron chi connectivity index (χ0n) is 21.2. The van der Waals surface area contributed by atoms with Gasteiger partial charge in [0.05, 0.1) is 35.0 Å². The van der Waals surface area contributed by atoms with Gasteiger partial charge in [-0.3, -0.25) is 13.9 Å². The summed E-state index contributed by atoms with van der Waals surface area (Å²) in [4.78, 5) is 28.2. The van der Waals surface area contributed by atoms with Gasteiger partial charge >= 0.3 is 0 Å². The number of hydrogen-bond donors (Lipinski definition) is 1. The number of hydrogen-bond acceptors (Lipinski definition) is 5. The molecule has 1 N–H and O–H groups in total. The molecule has 1 heterocycles. The van der Waals surface area contributed by atoms with E-state index in [2.05, 4.69) is 5.32 Å². The first-order chi connectivity index (χ1) is 17.7. The van der Waals surface area contributed by atoms with E-state index in [1.165, 1.54) is 12.1 Å². The SMILES string of the molecule is Cc1ccc(S(=O)(=O)N(CC(=O)Nc2ccccc2C(=O)N2CCOCC2)c2cc(C)ccc2C)cc1. The van der Waals surface area contributed by atoms with E-state index in [0.717, 1.165) is 21.0 Å². The summed E-state index contributed by atoms with van der Waals surface area (Å²) in [7, 11) is -4.06. The molecule has 0 bridgehead atoms.